The molecule has 0 aliphatic carbocycles. The molecule has 0 fully saturated rings. The molecule has 3 aromatic rings. The highest BCUT2D eigenvalue weighted by atomic mass is 16.4. The lowest BCUT2D eigenvalue weighted by Gasteiger charge is -2.17. The maximum Gasteiger partial charge on any atom is 0.409 e. The number of hydrogen-bond acceptors (Lipinski definition) is 4. The number of aryl methyl sites for hydroxylation is 1. The molecule has 0 unspecified atom stereocenters. The number of amides is 3. The monoisotopic (exact) mass is 515 g/mol. The van der Waals surface area contributed by atoms with Gasteiger partial charge in [0.2, 0.25) is 11.8 Å². The number of nitrogens with zero attached hydrogens (tertiary/aromatic N) is 1. The van der Waals surface area contributed by atoms with Gasteiger partial charge in [-0.2, -0.15) is 0 Å². The molecular formula is C30H33N3O5. The summed E-state index contributed by atoms with van der Waals surface area (Å²) in [6.45, 7) is 0.568. The fourth-order valence-electron chi connectivity index (χ4n) is 4.10. The van der Waals surface area contributed by atoms with E-state index in [1.807, 2.05) is 48.5 Å². The Hall–Kier alpha value is -4.46. The van der Waals surface area contributed by atoms with Crippen molar-refractivity contribution in [3.63, 3.8) is 0 Å². The average molecular weight is 516 g/mol. The maximum atomic E-state index is 12.5. The normalized spacial score (nSPS) is 10.4. The van der Waals surface area contributed by atoms with E-state index < -0.39 is 6.09 Å². The number of hydrogen-bond donors (Lipinski definition) is 3. The molecule has 3 amide bonds. The summed E-state index contributed by atoms with van der Waals surface area (Å²) < 4.78 is 0. The van der Waals surface area contributed by atoms with Crippen LogP contribution in [0.3, 0.4) is 0 Å². The molecule has 0 bridgehead atoms. The quantitative estimate of drug-likeness (QED) is 0.195. The third kappa shape index (κ3) is 8.89. The molecule has 0 saturated carbocycles. The summed E-state index contributed by atoms with van der Waals surface area (Å²) in [5.74, 6) is -0.0672. The predicted octanol–water partition coefficient (Wildman–Crippen LogP) is 5.85. The van der Waals surface area contributed by atoms with Crippen LogP contribution in [-0.4, -0.2) is 47.8 Å². The first-order chi connectivity index (χ1) is 18.4. The number of rotatable bonds is 13. The zero-order chi connectivity index (χ0) is 27.3. The van der Waals surface area contributed by atoms with Gasteiger partial charge in [0.25, 0.3) is 0 Å². The van der Waals surface area contributed by atoms with Gasteiger partial charge in [0.05, 0.1) is 5.69 Å². The van der Waals surface area contributed by atoms with E-state index in [9.17, 15) is 24.3 Å². The second-order valence-electron chi connectivity index (χ2n) is 9.09. The van der Waals surface area contributed by atoms with Crippen molar-refractivity contribution in [3.05, 3.63) is 83.9 Å². The highest BCUT2D eigenvalue weighted by Crippen LogP contribution is 2.29. The van der Waals surface area contributed by atoms with Gasteiger partial charge in [-0.25, -0.2) is 4.79 Å². The van der Waals surface area contributed by atoms with Crippen LogP contribution in [0.4, 0.5) is 16.2 Å². The number of carbonyl (C=O) groups excluding carboxylic acids is 3. The highest BCUT2D eigenvalue weighted by molar-refractivity contribution is 5.91. The van der Waals surface area contributed by atoms with Gasteiger partial charge in [0.15, 0.2) is 0 Å². The van der Waals surface area contributed by atoms with Crippen molar-refractivity contribution in [1.82, 2.24) is 4.90 Å². The molecule has 0 atom stereocenters. The summed E-state index contributed by atoms with van der Waals surface area (Å²) in [7, 11) is 1.76. The van der Waals surface area contributed by atoms with Gasteiger partial charge in [-0.05, 0) is 67.1 Å². The summed E-state index contributed by atoms with van der Waals surface area (Å²) in [6, 6.07) is 21.9. The summed E-state index contributed by atoms with van der Waals surface area (Å²) in [4.78, 5) is 48.3. The lowest BCUT2D eigenvalue weighted by Crippen LogP contribution is -2.27. The SMILES string of the molecule is CN(CCCCC(=O)Nc1ccc(C=O)cc1)C(=O)CCCc1ccc(-c2ccccc2)c(NC(=O)O)c1. The average Bonchev–Trinajstić information content (AvgIpc) is 2.91. The molecule has 3 aromatic carbocycles. The van der Waals surface area contributed by atoms with E-state index in [4.69, 9.17) is 0 Å². The number of carbonyl (C=O) groups is 4. The molecule has 8 heteroatoms. The van der Waals surface area contributed by atoms with E-state index in [1.165, 1.54) is 0 Å². The van der Waals surface area contributed by atoms with Crippen LogP contribution in [-0.2, 0) is 16.0 Å². The van der Waals surface area contributed by atoms with Crippen LogP contribution in [0, 0.1) is 0 Å². The minimum Gasteiger partial charge on any atom is -0.465 e. The van der Waals surface area contributed by atoms with Crippen molar-refractivity contribution in [3.8, 4) is 11.1 Å². The van der Waals surface area contributed by atoms with Crippen molar-refractivity contribution in [2.45, 2.75) is 38.5 Å². The molecule has 0 heterocycles. The third-order valence-electron chi connectivity index (χ3n) is 6.17. The number of aldehydes is 1. The molecule has 3 N–H and O–H groups in total. The first-order valence-corrected chi connectivity index (χ1v) is 12.6. The summed E-state index contributed by atoms with van der Waals surface area (Å²) in [5.41, 5.74) is 4.40. The molecule has 0 aromatic heterocycles. The molecule has 0 aliphatic rings. The third-order valence-corrected chi connectivity index (χ3v) is 6.17. The van der Waals surface area contributed by atoms with Crippen LogP contribution in [0.25, 0.3) is 11.1 Å². The van der Waals surface area contributed by atoms with Gasteiger partial charge in [0.1, 0.15) is 6.29 Å². The van der Waals surface area contributed by atoms with Crippen molar-refractivity contribution < 1.29 is 24.3 Å². The molecule has 0 aliphatic heterocycles. The van der Waals surface area contributed by atoms with Gasteiger partial charge in [-0.15, -0.1) is 0 Å². The first-order valence-electron chi connectivity index (χ1n) is 12.6. The van der Waals surface area contributed by atoms with Gasteiger partial charge < -0.3 is 15.3 Å². The molecule has 198 valence electrons. The van der Waals surface area contributed by atoms with Crippen LogP contribution in [0.15, 0.2) is 72.8 Å². The van der Waals surface area contributed by atoms with E-state index in [1.54, 1.807) is 36.2 Å². The predicted molar refractivity (Wildman–Crippen MR) is 148 cm³/mol. The van der Waals surface area contributed by atoms with Crippen LogP contribution in [0.1, 0.15) is 48.0 Å². The summed E-state index contributed by atoms with van der Waals surface area (Å²) in [6.07, 6.45) is 3.03. The molecule has 8 nitrogen and oxygen atoms in total. The molecule has 0 saturated heterocycles. The van der Waals surface area contributed by atoms with E-state index in [2.05, 4.69) is 10.6 Å². The van der Waals surface area contributed by atoms with Crippen LogP contribution in [0.5, 0.6) is 0 Å². The number of unbranched alkanes of at least 4 members (excludes halogenated alkanes) is 1. The Kier molecular flexibility index (Phi) is 10.6. The van der Waals surface area contributed by atoms with Crippen molar-refractivity contribution in [2.75, 3.05) is 24.2 Å². The van der Waals surface area contributed by atoms with Crippen molar-refractivity contribution >= 4 is 35.6 Å². The number of carboxylic acid groups (broad SMARTS) is 1. The molecular weight excluding hydrogens is 482 g/mol. The van der Waals surface area contributed by atoms with Crippen molar-refractivity contribution in [1.29, 1.82) is 0 Å². The molecule has 38 heavy (non-hydrogen) atoms. The smallest absolute Gasteiger partial charge is 0.409 e. The largest absolute Gasteiger partial charge is 0.465 e. The Morgan fingerprint density at radius 3 is 2.29 bits per heavy atom. The Morgan fingerprint density at radius 2 is 1.61 bits per heavy atom. The van der Waals surface area contributed by atoms with Gasteiger partial charge in [-0.1, -0.05) is 42.5 Å². The number of anilines is 2. The Morgan fingerprint density at radius 1 is 0.868 bits per heavy atom. The highest BCUT2D eigenvalue weighted by Gasteiger charge is 2.12. The molecule has 3 rings (SSSR count). The Bertz CT molecular complexity index is 1240. The molecule has 0 radical (unpaired) electrons. The van der Waals surface area contributed by atoms with E-state index in [0.717, 1.165) is 23.0 Å². The van der Waals surface area contributed by atoms with Crippen LogP contribution < -0.4 is 10.6 Å². The van der Waals surface area contributed by atoms with Gasteiger partial charge in [-0.3, -0.25) is 19.7 Å². The minimum atomic E-state index is -1.12. The number of nitrogens with one attached hydrogen (secondary N) is 2. The minimum absolute atomic E-state index is 0.0366. The van der Waals surface area contributed by atoms with Gasteiger partial charge in [0, 0.05) is 43.2 Å². The second-order valence-corrected chi connectivity index (χ2v) is 9.09. The zero-order valence-corrected chi connectivity index (χ0v) is 21.5. The lowest BCUT2D eigenvalue weighted by atomic mass is 9.99. The summed E-state index contributed by atoms with van der Waals surface area (Å²) in [5, 5.41) is 14.5. The fourth-order valence-corrected chi connectivity index (χ4v) is 4.10. The van der Waals surface area contributed by atoms with Gasteiger partial charge >= 0.3 is 6.09 Å². The maximum absolute atomic E-state index is 12.5. The fraction of sp³-hybridized carbons (Fsp3) is 0.267. The standard InChI is InChI=1S/C30H33N3O5/c1-33(19-6-5-11-28(35)31-25-16-13-23(21-34)14-17-25)29(36)12-7-8-22-15-18-26(24-9-3-2-4-10-24)27(20-22)32-30(37)38/h2-4,9-10,13-18,20-21,32H,5-8,11-12,19H2,1H3,(H,31,35)(H,37,38). The van der Waals surface area contributed by atoms with Crippen molar-refractivity contribution in [2.24, 2.45) is 0 Å². The van der Waals surface area contributed by atoms with Crippen LogP contribution >= 0.6 is 0 Å². The Labute approximate surface area is 222 Å². The van der Waals surface area contributed by atoms with E-state index in [0.29, 0.717) is 62.0 Å². The van der Waals surface area contributed by atoms with E-state index >= 15 is 0 Å². The molecule has 0 spiro atoms. The Balaban J connectivity index is 1.39. The number of benzene rings is 3. The summed E-state index contributed by atoms with van der Waals surface area (Å²) >= 11 is 0. The topological polar surface area (TPSA) is 116 Å². The van der Waals surface area contributed by atoms with Crippen LogP contribution in [0.2, 0.25) is 0 Å². The first kappa shape index (κ1) is 28.1. The zero-order valence-electron chi connectivity index (χ0n) is 21.5. The second kappa shape index (κ2) is 14.3. The van der Waals surface area contributed by atoms with E-state index in [-0.39, 0.29) is 11.8 Å². The lowest BCUT2D eigenvalue weighted by molar-refractivity contribution is -0.130.